The SMILES string of the molecule is COc1cc2c(cc1Br)C(=O)NC2. The molecule has 1 N–H and O–H groups in total. The van der Waals surface area contributed by atoms with Crippen molar-refractivity contribution >= 4 is 21.8 Å². The molecular formula is C9H8BrNO2. The van der Waals surface area contributed by atoms with Gasteiger partial charge in [0.05, 0.1) is 11.6 Å². The minimum Gasteiger partial charge on any atom is -0.496 e. The number of carbonyl (C=O) groups excluding carboxylic acids is 1. The van der Waals surface area contributed by atoms with E-state index in [4.69, 9.17) is 4.74 Å². The number of hydrogen-bond acceptors (Lipinski definition) is 2. The molecule has 13 heavy (non-hydrogen) atoms. The first-order valence-corrected chi connectivity index (χ1v) is 4.66. The molecule has 0 fully saturated rings. The van der Waals surface area contributed by atoms with Crippen molar-refractivity contribution < 1.29 is 9.53 Å². The Balaban J connectivity index is 2.56. The highest BCUT2D eigenvalue weighted by Gasteiger charge is 2.20. The van der Waals surface area contributed by atoms with E-state index in [0.29, 0.717) is 6.54 Å². The van der Waals surface area contributed by atoms with Crippen LogP contribution < -0.4 is 10.1 Å². The Hall–Kier alpha value is -1.03. The summed E-state index contributed by atoms with van der Waals surface area (Å²) >= 11 is 3.33. The lowest BCUT2D eigenvalue weighted by atomic mass is 10.1. The van der Waals surface area contributed by atoms with Gasteiger partial charge in [-0.25, -0.2) is 0 Å². The maximum atomic E-state index is 11.2. The summed E-state index contributed by atoms with van der Waals surface area (Å²) in [6.07, 6.45) is 0. The predicted octanol–water partition coefficient (Wildman–Crippen LogP) is 1.70. The van der Waals surface area contributed by atoms with Crippen molar-refractivity contribution in [2.45, 2.75) is 6.54 Å². The van der Waals surface area contributed by atoms with Gasteiger partial charge >= 0.3 is 0 Å². The minimum absolute atomic E-state index is 0.0154. The van der Waals surface area contributed by atoms with Crippen LogP contribution in [0.15, 0.2) is 16.6 Å². The van der Waals surface area contributed by atoms with Crippen LogP contribution in [0, 0.1) is 0 Å². The van der Waals surface area contributed by atoms with Crippen LogP contribution in [0.1, 0.15) is 15.9 Å². The molecule has 0 radical (unpaired) electrons. The van der Waals surface area contributed by atoms with Gasteiger partial charge < -0.3 is 10.1 Å². The molecule has 1 heterocycles. The smallest absolute Gasteiger partial charge is 0.251 e. The maximum absolute atomic E-state index is 11.2. The molecular weight excluding hydrogens is 234 g/mol. The van der Waals surface area contributed by atoms with Gasteiger partial charge in [-0.3, -0.25) is 4.79 Å². The Kier molecular flexibility index (Phi) is 2.00. The molecule has 0 bridgehead atoms. The molecule has 0 saturated heterocycles. The van der Waals surface area contributed by atoms with E-state index < -0.39 is 0 Å². The van der Waals surface area contributed by atoms with Gasteiger partial charge in [-0.1, -0.05) is 0 Å². The number of nitrogens with one attached hydrogen (secondary N) is 1. The molecule has 1 aliphatic rings. The number of fused-ring (bicyclic) bond motifs is 1. The van der Waals surface area contributed by atoms with E-state index in [0.717, 1.165) is 21.3 Å². The van der Waals surface area contributed by atoms with Crippen LogP contribution in [-0.4, -0.2) is 13.0 Å². The second-order valence-corrected chi connectivity index (χ2v) is 3.68. The lowest BCUT2D eigenvalue weighted by Crippen LogP contribution is -2.12. The third-order valence-corrected chi connectivity index (χ3v) is 2.68. The van der Waals surface area contributed by atoms with E-state index in [9.17, 15) is 4.79 Å². The fourth-order valence-electron chi connectivity index (χ4n) is 1.38. The van der Waals surface area contributed by atoms with Gasteiger partial charge in [-0.2, -0.15) is 0 Å². The summed E-state index contributed by atoms with van der Waals surface area (Å²) in [6.45, 7) is 0.595. The first-order chi connectivity index (χ1) is 6.22. The molecule has 0 aromatic heterocycles. The molecule has 0 atom stereocenters. The normalized spacial score (nSPS) is 13.8. The molecule has 2 rings (SSSR count). The summed E-state index contributed by atoms with van der Waals surface area (Å²) < 4.78 is 5.93. The number of methoxy groups -OCH3 is 1. The van der Waals surface area contributed by atoms with E-state index in [1.807, 2.05) is 6.07 Å². The third kappa shape index (κ3) is 1.31. The van der Waals surface area contributed by atoms with E-state index >= 15 is 0 Å². The molecule has 1 aromatic rings. The quantitative estimate of drug-likeness (QED) is 0.813. The molecule has 1 aliphatic heterocycles. The monoisotopic (exact) mass is 241 g/mol. The van der Waals surface area contributed by atoms with Crippen molar-refractivity contribution in [1.29, 1.82) is 0 Å². The van der Waals surface area contributed by atoms with Gasteiger partial charge in [0.15, 0.2) is 0 Å². The van der Waals surface area contributed by atoms with Crippen molar-refractivity contribution in [3.63, 3.8) is 0 Å². The number of hydrogen-bond donors (Lipinski definition) is 1. The number of ether oxygens (including phenoxy) is 1. The molecule has 1 amide bonds. The summed E-state index contributed by atoms with van der Waals surface area (Å²) in [5.74, 6) is 0.744. The zero-order valence-electron chi connectivity index (χ0n) is 7.06. The van der Waals surface area contributed by atoms with Crippen LogP contribution in [0.3, 0.4) is 0 Å². The fraction of sp³-hybridized carbons (Fsp3) is 0.222. The van der Waals surface area contributed by atoms with Crippen molar-refractivity contribution in [1.82, 2.24) is 5.32 Å². The predicted molar refractivity (Wildman–Crippen MR) is 51.9 cm³/mol. The molecule has 1 aromatic carbocycles. The summed E-state index contributed by atoms with van der Waals surface area (Å²) in [5, 5.41) is 2.75. The Morgan fingerprint density at radius 1 is 1.54 bits per heavy atom. The van der Waals surface area contributed by atoms with E-state index in [1.54, 1.807) is 13.2 Å². The number of rotatable bonds is 1. The van der Waals surface area contributed by atoms with Gasteiger partial charge in [-0.05, 0) is 33.6 Å². The van der Waals surface area contributed by atoms with Gasteiger partial charge in [0.1, 0.15) is 5.75 Å². The second-order valence-electron chi connectivity index (χ2n) is 2.83. The highest BCUT2D eigenvalue weighted by atomic mass is 79.9. The largest absolute Gasteiger partial charge is 0.496 e. The van der Waals surface area contributed by atoms with Crippen LogP contribution in [-0.2, 0) is 6.54 Å². The van der Waals surface area contributed by atoms with Crippen LogP contribution >= 0.6 is 15.9 Å². The van der Waals surface area contributed by atoms with E-state index in [-0.39, 0.29) is 5.91 Å². The standard InChI is InChI=1S/C9H8BrNO2/c1-13-8-2-5-4-11-9(12)6(5)3-7(8)10/h2-3H,4H2,1H3,(H,11,12). The second kappa shape index (κ2) is 3.03. The Bertz CT molecular complexity index is 376. The van der Waals surface area contributed by atoms with Crippen molar-refractivity contribution in [3.05, 3.63) is 27.7 Å². The Morgan fingerprint density at radius 2 is 2.31 bits per heavy atom. The van der Waals surface area contributed by atoms with Crippen LogP contribution in [0.5, 0.6) is 5.75 Å². The maximum Gasteiger partial charge on any atom is 0.251 e. The van der Waals surface area contributed by atoms with Gasteiger partial charge in [0, 0.05) is 12.1 Å². The van der Waals surface area contributed by atoms with Crippen molar-refractivity contribution in [3.8, 4) is 5.75 Å². The van der Waals surface area contributed by atoms with Crippen LogP contribution in [0.4, 0.5) is 0 Å². The molecule has 0 saturated carbocycles. The number of halogens is 1. The Labute approximate surface area is 84.2 Å². The van der Waals surface area contributed by atoms with Gasteiger partial charge in [0.2, 0.25) is 0 Å². The summed E-state index contributed by atoms with van der Waals surface area (Å²) in [7, 11) is 1.61. The molecule has 0 aliphatic carbocycles. The zero-order valence-corrected chi connectivity index (χ0v) is 8.64. The number of carbonyl (C=O) groups is 1. The molecule has 0 unspecified atom stereocenters. The van der Waals surface area contributed by atoms with Gasteiger partial charge in [-0.15, -0.1) is 0 Å². The summed E-state index contributed by atoms with van der Waals surface area (Å²) in [6, 6.07) is 3.66. The van der Waals surface area contributed by atoms with E-state index in [2.05, 4.69) is 21.2 Å². The minimum atomic E-state index is -0.0154. The summed E-state index contributed by atoms with van der Waals surface area (Å²) in [5.41, 5.74) is 1.72. The van der Waals surface area contributed by atoms with Crippen LogP contribution in [0.25, 0.3) is 0 Å². The van der Waals surface area contributed by atoms with Crippen molar-refractivity contribution in [2.75, 3.05) is 7.11 Å². The fourth-order valence-corrected chi connectivity index (χ4v) is 1.89. The van der Waals surface area contributed by atoms with Gasteiger partial charge in [0.25, 0.3) is 5.91 Å². The third-order valence-electron chi connectivity index (χ3n) is 2.06. The molecule has 0 spiro atoms. The highest BCUT2D eigenvalue weighted by Crippen LogP contribution is 2.30. The number of benzene rings is 1. The average Bonchev–Trinajstić information content (AvgIpc) is 2.47. The average molecular weight is 242 g/mol. The first-order valence-electron chi connectivity index (χ1n) is 3.87. The van der Waals surface area contributed by atoms with Crippen LogP contribution in [0.2, 0.25) is 0 Å². The topological polar surface area (TPSA) is 38.3 Å². The highest BCUT2D eigenvalue weighted by molar-refractivity contribution is 9.10. The molecule has 4 heteroatoms. The van der Waals surface area contributed by atoms with E-state index in [1.165, 1.54) is 0 Å². The van der Waals surface area contributed by atoms with Crippen molar-refractivity contribution in [2.24, 2.45) is 0 Å². The lowest BCUT2D eigenvalue weighted by Gasteiger charge is -2.04. The Morgan fingerprint density at radius 3 is 3.00 bits per heavy atom. The first kappa shape index (κ1) is 8.56. The number of amides is 1. The lowest BCUT2D eigenvalue weighted by molar-refractivity contribution is 0.0965. The zero-order chi connectivity index (χ0) is 9.42. The molecule has 68 valence electrons. The summed E-state index contributed by atoms with van der Waals surface area (Å²) in [4.78, 5) is 11.2. The molecule has 3 nitrogen and oxygen atoms in total.